The van der Waals surface area contributed by atoms with Crippen LogP contribution in [-0.4, -0.2) is 13.7 Å². The molecule has 0 saturated carbocycles. The van der Waals surface area contributed by atoms with Crippen LogP contribution in [-0.2, 0) is 6.54 Å². The van der Waals surface area contributed by atoms with Crippen molar-refractivity contribution in [3.63, 3.8) is 0 Å². The highest BCUT2D eigenvalue weighted by molar-refractivity contribution is 5.87. The first-order valence-electron chi connectivity index (χ1n) is 6.26. The van der Waals surface area contributed by atoms with Gasteiger partial charge in [-0.2, -0.15) is 0 Å². The van der Waals surface area contributed by atoms with Crippen LogP contribution in [0.4, 0.5) is 0 Å². The summed E-state index contributed by atoms with van der Waals surface area (Å²) in [7, 11) is 1.96. The molecule has 0 spiro atoms. The van der Waals surface area contributed by atoms with Crippen molar-refractivity contribution in [2.75, 3.05) is 13.7 Å². The summed E-state index contributed by atoms with van der Waals surface area (Å²) in [6.07, 6.45) is 4.01. The summed E-state index contributed by atoms with van der Waals surface area (Å²) in [6.45, 7) is 3.43. The number of benzene rings is 2. The molecule has 2 rings (SSSR count). The van der Waals surface area contributed by atoms with Gasteiger partial charge in [0, 0.05) is 12.1 Å². The number of hydrogen-bond acceptors (Lipinski definition) is 2. The van der Waals surface area contributed by atoms with Gasteiger partial charge in [-0.25, -0.2) is 0 Å². The van der Waals surface area contributed by atoms with Gasteiger partial charge in [0.05, 0.1) is 0 Å². The molecule has 0 bridgehead atoms. The van der Waals surface area contributed by atoms with Gasteiger partial charge in [-0.15, -0.1) is 0 Å². The number of fused-ring (bicyclic) bond motifs is 1. The summed E-state index contributed by atoms with van der Waals surface area (Å²) in [4.78, 5) is 0. The van der Waals surface area contributed by atoms with Crippen LogP contribution in [0.15, 0.2) is 48.6 Å². The lowest BCUT2D eigenvalue weighted by Gasteiger charge is -2.13. The summed E-state index contributed by atoms with van der Waals surface area (Å²) in [5, 5.41) is 5.71. The summed E-state index contributed by atoms with van der Waals surface area (Å²) in [5.74, 6) is 0.959. The van der Waals surface area contributed by atoms with Crippen LogP contribution >= 0.6 is 0 Å². The molecule has 0 aliphatic carbocycles. The monoisotopic (exact) mass is 241 g/mol. The van der Waals surface area contributed by atoms with E-state index in [1.165, 1.54) is 16.3 Å². The van der Waals surface area contributed by atoms with Crippen LogP contribution in [0.5, 0.6) is 5.75 Å². The van der Waals surface area contributed by atoms with Crippen molar-refractivity contribution in [2.45, 2.75) is 13.5 Å². The van der Waals surface area contributed by atoms with E-state index in [0.717, 1.165) is 12.3 Å². The van der Waals surface area contributed by atoms with E-state index in [2.05, 4.69) is 41.7 Å². The number of rotatable bonds is 5. The topological polar surface area (TPSA) is 21.3 Å². The molecule has 0 aromatic heterocycles. The maximum absolute atomic E-state index is 5.81. The third kappa shape index (κ3) is 2.71. The minimum atomic E-state index is 0.617. The molecular formula is C16H19NO. The zero-order valence-corrected chi connectivity index (χ0v) is 10.9. The molecule has 2 aromatic rings. The van der Waals surface area contributed by atoms with Crippen LogP contribution in [0.1, 0.15) is 12.5 Å². The molecule has 18 heavy (non-hydrogen) atoms. The Morgan fingerprint density at radius 1 is 1.17 bits per heavy atom. The molecule has 0 atom stereocenters. The summed E-state index contributed by atoms with van der Waals surface area (Å²) < 4.78 is 5.81. The molecule has 0 amide bonds. The van der Waals surface area contributed by atoms with E-state index in [4.69, 9.17) is 4.74 Å². The minimum absolute atomic E-state index is 0.617. The maximum Gasteiger partial charge on any atom is 0.124 e. The van der Waals surface area contributed by atoms with Gasteiger partial charge in [0.2, 0.25) is 0 Å². The summed E-state index contributed by atoms with van der Waals surface area (Å²) in [6, 6.07) is 12.6. The zero-order valence-electron chi connectivity index (χ0n) is 10.9. The normalized spacial score (nSPS) is 11.2. The Morgan fingerprint density at radius 3 is 2.78 bits per heavy atom. The molecule has 2 nitrogen and oxygen atoms in total. The molecular weight excluding hydrogens is 222 g/mol. The molecule has 2 aromatic carbocycles. The fraction of sp³-hybridized carbons (Fsp3) is 0.250. The first-order chi connectivity index (χ1) is 8.86. The average Bonchev–Trinajstić information content (AvgIpc) is 2.41. The van der Waals surface area contributed by atoms with E-state index in [1.54, 1.807) is 0 Å². The van der Waals surface area contributed by atoms with Crippen molar-refractivity contribution >= 4 is 10.8 Å². The van der Waals surface area contributed by atoms with Crippen molar-refractivity contribution in [3.05, 3.63) is 54.1 Å². The Kier molecular flexibility index (Phi) is 4.37. The van der Waals surface area contributed by atoms with Crippen LogP contribution in [0.2, 0.25) is 0 Å². The lowest BCUT2D eigenvalue weighted by molar-refractivity contribution is 0.358. The van der Waals surface area contributed by atoms with E-state index >= 15 is 0 Å². The van der Waals surface area contributed by atoms with E-state index in [1.807, 2.05) is 26.1 Å². The van der Waals surface area contributed by atoms with Gasteiger partial charge in [0.25, 0.3) is 0 Å². The first kappa shape index (κ1) is 12.7. The van der Waals surface area contributed by atoms with Gasteiger partial charge in [0.1, 0.15) is 12.4 Å². The highest BCUT2D eigenvalue weighted by Gasteiger charge is 2.07. The molecule has 2 heteroatoms. The Labute approximate surface area is 108 Å². The van der Waals surface area contributed by atoms with Crippen LogP contribution < -0.4 is 10.1 Å². The second kappa shape index (κ2) is 6.22. The molecule has 0 radical (unpaired) electrons. The predicted molar refractivity (Wildman–Crippen MR) is 77.0 cm³/mol. The standard InChI is InChI=1S/C16H19NO/c1-3-4-11-18-16-10-9-13-7-5-6-8-14(13)15(16)12-17-2/h3-10,17H,11-12H2,1-2H3/b4-3+. The number of ether oxygens (including phenoxy) is 1. The maximum atomic E-state index is 5.81. The lowest BCUT2D eigenvalue weighted by Crippen LogP contribution is -2.08. The number of nitrogens with one attached hydrogen (secondary N) is 1. The van der Waals surface area contributed by atoms with Gasteiger partial charge in [-0.05, 0) is 30.8 Å². The van der Waals surface area contributed by atoms with Crippen molar-refractivity contribution in [1.29, 1.82) is 0 Å². The quantitative estimate of drug-likeness (QED) is 0.809. The molecule has 0 unspecified atom stereocenters. The van der Waals surface area contributed by atoms with E-state index < -0.39 is 0 Å². The van der Waals surface area contributed by atoms with E-state index in [0.29, 0.717) is 6.61 Å². The molecule has 94 valence electrons. The van der Waals surface area contributed by atoms with Gasteiger partial charge in [-0.3, -0.25) is 0 Å². The van der Waals surface area contributed by atoms with E-state index in [-0.39, 0.29) is 0 Å². The molecule has 0 fully saturated rings. The van der Waals surface area contributed by atoms with Gasteiger partial charge in [0.15, 0.2) is 0 Å². The van der Waals surface area contributed by atoms with Crippen molar-refractivity contribution in [2.24, 2.45) is 0 Å². The Bertz CT molecular complexity index is 546. The van der Waals surface area contributed by atoms with Crippen LogP contribution in [0.3, 0.4) is 0 Å². The second-order valence-electron chi connectivity index (χ2n) is 4.17. The van der Waals surface area contributed by atoms with Gasteiger partial charge < -0.3 is 10.1 Å². The SMILES string of the molecule is C/C=C/COc1ccc2ccccc2c1CNC. The molecule has 0 saturated heterocycles. The van der Waals surface area contributed by atoms with Gasteiger partial charge >= 0.3 is 0 Å². The minimum Gasteiger partial charge on any atom is -0.489 e. The average molecular weight is 241 g/mol. The summed E-state index contributed by atoms with van der Waals surface area (Å²) >= 11 is 0. The predicted octanol–water partition coefficient (Wildman–Crippen LogP) is 3.51. The highest BCUT2D eigenvalue weighted by Crippen LogP contribution is 2.28. The fourth-order valence-electron chi connectivity index (χ4n) is 2.04. The van der Waals surface area contributed by atoms with Crippen LogP contribution in [0, 0.1) is 0 Å². The first-order valence-corrected chi connectivity index (χ1v) is 6.26. The van der Waals surface area contributed by atoms with Crippen molar-refractivity contribution in [1.82, 2.24) is 5.32 Å². The van der Waals surface area contributed by atoms with Crippen LogP contribution in [0.25, 0.3) is 10.8 Å². The molecule has 0 aliphatic heterocycles. The Balaban J connectivity index is 2.41. The molecule has 0 heterocycles. The van der Waals surface area contributed by atoms with Crippen molar-refractivity contribution < 1.29 is 4.74 Å². The Hall–Kier alpha value is -1.80. The largest absolute Gasteiger partial charge is 0.489 e. The molecule has 0 aliphatic rings. The summed E-state index contributed by atoms with van der Waals surface area (Å²) in [5.41, 5.74) is 1.22. The van der Waals surface area contributed by atoms with Crippen molar-refractivity contribution in [3.8, 4) is 5.75 Å². The third-order valence-corrected chi connectivity index (χ3v) is 2.92. The molecule has 1 N–H and O–H groups in total. The third-order valence-electron chi connectivity index (χ3n) is 2.92. The number of hydrogen-bond donors (Lipinski definition) is 1. The van der Waals surface area contributed by atoms with E-state index in [9.17, 15) is 0 Å². The lowest BCUT2D eigenvalue weighted by atomic mass is 10.0. The highest BCUT2D eigenvalue weighted by atomic mass is 16.5. The zero-order chi connectivity index (χ0) is 12.8. The smallest absolute Gasteiger partial charge is 0.124 e. The second-order valence-corrected chi connectivity index (χ2v) is 4.17. The Morgan fingerprint density at radius 2 is 2.00 bits per heavy atom. The van der Waals surface area contributed by atoms with Gasteiger partial charge in [-0.1, -0.05) is 42.5 Å². The fourth-order valence-corrected chi connectivity index (χ4v) is 2.04. The number of allylic oxidation sites excluding steroid dienone is 1.